The number of aryl methyl sites for hydroxylation is 1. The summed E-state index contributed by atoms with van der Waals surface area (Å²) in [6.07, 6.45) is 12.1. The number of piperazine rings is 1. The first kappa shape index (κ1) is 26.4. The third-order valence-electron chi connectivity index (χ3n) is 9.15. The second-order valence-electron chi connectivity index (χ2n) is 11.6. The van der Waals surface area contributed by atoms with Crippen LogP contribution in [0.2, 0.25) is 0 Å². The Morgan fingerprint density at radius 3 is 2.65 bits per heavy atom. The van der Waals surface area contributed by atoms with Gasteiger partial charge in [0.05, 0.1) is 29.9 Å². The average molecular weight is 507 g/mol. The molecule has 202 valence electrons. The van der Waals surface area contributed by atoms with Gasteiger partial charge in [0, 0.05) is 51.1 Å². The summed E-state index contributed by atoms with van der Waals surface area (Å²) < 4.78 is 6.18. The molecule has 0 N–H and O–H groups in total. The largest absolute Gasteiger partial charge is 0.379 e. The highest BCUT2D eigenvalue weighted by Crippen LogP contribution is 2.45. The van der Waals surface area contributed by atoms with E-state index in [9.17, 15) is 0 Å². The maximum absolute atomic E-state index is 6.18. The zero-order chi connectivity index (χ0) is 26.2. The second-order valence-corrected chi connectivity index (χ2v) is 11.6. The van der Waals surface area contributed by atoms with Crippen LogP contribution in [-0.4, -0.2) is 101 Å². The van der Waals surface area contributed by atoms with E-state index in [2.05, 4.69) is 85.6 Å². The zero-order valence-corrected chi connectivity index (χ0v) is 23.7. The summed E-state index contributed by atoms with van der Waals surface area (Å²) in [5.41, 5.74) is 2.21. The van der Waals surface area contributed by atoms with Crippen molar-refractivity contribution in [2.24, 2.45) is 4.99 Å². The molecule has 1 aromatic heterocycles. The molecule has 2 saturated heterocycles. The van der Waals surface area contributed by atoms with E-state index in [0.717, 1.165) is 44.9 Å². The highest BCUT2D eigenvalue weighted by molar-refractivity contribution is 5.98. The molecule has 4 atom stereocenters. The van der Waals surface area contributed by atoms with Crippen molar-refractivity contribution < 1.29 is 4.74 Å². The fourth-order valence-electron chi connectivity index (χ4n) is 7.00. The van der Waals surface area contributed by atoms with E-state index in [1.54, 1.807) is 0 Å². The topological polar surface area (TPSA) is 47.4 Å². The number of pyridine rings is 1. The van der Waals surface area contributed by atoms with Crippen LogP contribution in [0.5, 0.6) is 0 Å². The Kier molecular flexibility index (Phi) is 7.75. The lowest BCUT2D eigenvalue weighted by molar-refractivity contribution is 0.00709. The Labute approximate surface area is 223 Å². The summed E-state index contributed by atoms with van der Waals surface area (Å²) in [5.74, 6) is 2.37. The number of likely N-dealkylation sites (tertiary alicyclic amines) is 1. The van der Waals surface area contributed by atoms with Crippen LogP contribution in [0.1, 0.15) is 64.3 Å². The lowest BCUT2D eigenvalue weighted by Gasteiger charge is -2.50. The normalized spacial score (nSPS) is 31.1. The summed E-state index contributed by atoms with van der Waals surface area (Å²) in [6, 6.07) is 5.60. The lowest BCUT2D eigenvalue weighted by atomic mass is 9.78. The van der Waals surface area contributed by atoms with Crippen molar-refractivity contribution in [2.45, 2.75) is 83.6 Å². The molecule has 37 heavy (non-hydrogen) atoms. The summed E-state index contributed by atoms with van der Waals surface area (Å²) >= 11 is 0. The molecule has 4 aliphatic heterocycles. The minimum Gasteiger partial charge on any atom is -0.379 e. The molecule has 0 amide bonds. The number of hydrogen-bond donors (Lipinski definition) is 0. The van der Waals surface area contributed by atoms with Gasteiger partial charge in [-0.15, -0.1) is 0 Å². The van der Waals surface area contributed by atoms with Crippen molar-refractivity contribution in [3.63, 3.8) is 0 Å². The molecule has 5 heterocycles. The van der Waals surface area contributed by atoms with Gasteiger partial charge in [-0.2, -0.15) is 0 Å². The molecule has 7 nitrogen and oxygen atoms in total. The molecule has 7 heteroatoms. The van der Waals surface area contributed by atoms with Crippen LogP contribution in [0, 0.1) is 6.92 Å². The number of rotatable bonds is 7. The lowest BCUT2D eigenvalue weighted by Crippen LogP contribution is -2.61. The van der Waals surface area contributed by atoms with Crippen LogP contribution in [0.25, 0.3) is 0 Å². The Hall–Kier alpha value is -2.22. The minimum atomic E-state index is -0.284. The Morgan fingerprint density at radius 2 is 1.95 bits per heavy atom. The second kappa shape index (κ2) is 10.9. The van der Waals surface area contributed by atoms with Crippen molar-refractivity contribution in [1.29, 1.82) is 0 Å². The summed E-state index contributed by atoms with van der Waals surface area (Å²) in [4.78, 5) is 20.6. The molecule has 0 aliphatic carbocycles. The van der Waals surface area contributed by atoms with E-state index in [1.807, 2.05) is 12.3 Å². The van der Waals surface area contributed by atoms with Gasteiger partial charge in [-0.3, -0.25) is 19.8 Å². The number of allylic oxidation sites excluding steroid dienone is 2. The average Bonchev–Trinajstić information content (AvgIpc) is 3.20. The first-order chi connectivity index (χ1) is 17.8. The number of likely N-dealkylation sites (N-methyl/N-ethyl adjacent to an activating group) is 1. The van der Waals surface area contributed by atoms with Crippen molar-refractivity contribution in [2.75, 3.05) is 46.4 Å². The third kappa shape index (κ3) is 4.86. The van der Waals surface area contributed by atoms with Gasteiger partial charge in [-0.05, 0) is 84.7 Å². The van der Waals surface area contributed by atoms with Crippen molar-refractivity contribution in [3.8, 4) is 0 Å². The van der Waals surface area contributed by atoms with Crippen LogP contribution in [-0.2, 0) is 4.74 Å². The van der Waals surface area contributed by atoms with Gasteiger partial charge in [-0.25, -0.2) is 0 Å². The quantitative estimate of drug-likeness (QED) is 0.552. The summed E-state index contributed by atoms with van der Waals surface area (Å²) in [5, 5.41) is 0. The Morgan fingerprint density at radius 1 is 1.16 bits per heavy atom. The maximum atomic E-state index is 6.18. The molecule has 4 aliphatic rings. The van der Waals surface area contributed by atoms with Crippen LogP contribution >= 0.6 is 0 Å². The fraction of sp³-hybridized carbons (Fsp3) is 0.667. The first-order valence-electron chi connectivity index (χ1n) is 14.3. The van der Waals surface area contributed by atoms with Gasteiger partial charge in [0.1, 0.15) is 11.7 Å². The van der Waals surface area contributed by atoms with E-state index in [0.29, 0.717) is 31.3 Å². The van der Waals surface area contributed by atoms with Gasteiger partial charge < -0.3 is 14.5 Å². The SMILES string of the molecule is CCOCC1N2C(N3CCN(C(C)C)CC3)=CC=CC2=NC1(C)[C@H]1CCC[C@@H](c2ncccc2C)N1C. The Bertz CT molecular complexity index is 1040. The first-order valence-corrected chi connectivity index (χ1v) is 14.3. The number of aromatic nitrogens is 1. The molecule has 0 radical (unpaired) electrons. The smallest absolute Gasteiger partial charge is 0.130 e. The maximum Gasteiger partial charge on any atom is 0.130 e. The molecule has 5 rings (SSSR count). The monoisotopic (exact) mass is 506 g/mol. The highest BCUT2D eigenvalue weighted by Gasteiger charge is 2.54. The van der Waals surface area contributed by atoms with Gasteiger partial charge >= 0.3 is 0 Å². The molecule has 2 fully saturated rings. The van der Waals surface area contributed by atoms with Gasteiger partial charge in [-0.1, -0.05) is 12.1 Å². The molecular formula is C30H46N6O. The van der Waals surface area contributed by atoms with Crippen LogP contribution in [0.3, 0.4) is 0 Å². The number of fused-ring (bicyclic) bond motifs is 1. The van der Waals surface area contributed by atoms with E-state index in [-0.39, 0.29) is 11.6 Å². The number of amidine groups is 1. The number of piperidine rings is 1. The molecule has 0 saturated carbocycles. The molecule has 0 aromatic carbocycles. The standard InChI is InChI=1S/C30H46N6O/c1-7-37-21-26-30(5,25-13-8-12-24(33(25)6)29-23(4)11-10-16-31-29)32-27-14-9-15-28(36(26)27)35-19-17-34(18-20-35)22(2)3/h9-11,14-16,22,24-26H,7-8,12-13,17-21H2,1-6H3/t24-,25+,26?,30?/m0/s1. The van der Waals surface area contributed by atoms with Crippen LogP contribution in [0.15, 0.2) is 47.4 Å². The number of aliphatic imine (C=N–C) groups is 1. The van der Waals surface area contributed by atoms with E-state index < -0.39 is 0 Å². The predicted molar refractivity (Wildman–Crippen MR) is 151 cm³/mol. The molecule has 0 bridgehead atoms. The van der Waals surface area contributed by atoms with E-state index in [4.69, 9.17) is 14.7 Å². The van der Waals surface area contributed by atoms with Gasteiger partial charge in [0.15, 0.2) is 0 Å². The Balaban J connectivity index is 1.44. The van der Waals surface area contributed by atoms with Gasteiger partial charge in [0.2, 0.25) is 0 Å². The number of nitrogens with zero attached hydrogens (tertiary/aromatic N) is 6. The number of ether oxygens (including phenoxy) is 1. The van der Waals surface area contributed by atoms with Crippen molar-refractivity contribution in [3.05, 3.63) is 53.6 Å². The molecule has 0 spiro atoms. The van der Waals surface area contributed by atoms with Gasteiger partial charge in [0.25, 0.3) is 0 Å². The number of hydrogen-bond acceptors (Lipinski definition) is 7. The predicted octanol–water partition coefficient (Wildman–Crippen LogP) is 4.23. The summed E-state index contributed by atoms with van der Waals surface area (Å²) in [6.45, 7) is 16.9. The minimum absolute atomic E-state index is 0.151. The fourth-order valence-corrected chi connectivity index (χ4v) is 7.00. The van der Waals surface area contributed by atoms with Crippen LogP contribution < -0.4 is 0 Å². The summed E-state index contributed by atoms with van der Waals surface area (Å²) in [7, 11) is 2.29. The highest BCUT2D eigenvalue weighted by atomic mass is 16.5. The van der Waals surface area contributed by atoms with Crippen molar-refractivity contribution >= 4 is 5.84 Å². The zero-order valence-electron chi connectivity index (χ0n) is 23.7. The molecular weight excluding hydrogens is 460 g/mol. The van der Waals surface area contributed by atoms with Crippen molar-refractivity contribution in [1.82, 2.24) is 24.6 Å². The van der Waals surface area contributed by atoms with E-state index >= 15 is 0 Å². The van der Waals surface area contributed by atoms with Crippen LogP contribution in [0.4, 0.5) is 0 Å². The molecule has 1 aromatic rings. The molecule has 2 unspecified atom stereocenters. The third-order valence-corrected chi connectivity index (χ3v) is 9.15. The van der Waals surface area contributed by atoms with E-state index in [1.165, 1.54) is 23.5 Å².